The van der Waals surface area contributed by atoms with Gasteiger partial charge in [-0.25, -0.2) is 4.68 Å². The maximum absolute atomic E-state index is 13.3. The van der Waals surface area contributed by atoms with Crippen molar-refractivity contribution in [3.8, 4) is 0 Å². The molecule has 0 aliphatic rings. The molecule has 4 aromatic rings. The molecule has 4 rings (SSSR count). The van der Waals surface area contributed by atoms with E-state index < -0.39 is 6.04 Å². The minimum absolute atomic E-state index is 0.173. The second kappa shape index (κ2) is 8.40. The highest BCUT2D eigenvalue weighted by molar-refractivity contribution is 7.26. The molecule has 0 bridgehead atoms. The van der Waals surface area contributed by atoms with Gasteiger partial charge in [-0.05, 0) is 30.9 Å². The summed E-state index contributed by atoms with van der Waals surface area (Å²) in [7, 11) is 0. The van der Waals surface area contributed by atoms with Crippen molar-refractivity contribution < 1.29 is 4.79 Å². The number of amides is 1. The van der Waals surface area contributed by atoms with Gasteiger partial charge in [0, 0.05) is 16.6 Å². The minimum atomic E-state index is -0.637. The molecular weight excluding hydrogens is 394 g/mol. The van der Waals surface area contributed by atoms with E-state index >= 15 is 0 Å². The molecule has 0 radical (unpaired) electrons. The van der Waals surface area contributed by atoms with Crippen molar-refractivity contribution in [1.29, 1.82) is 0 Å². The van der Waals surface area contributed by atoms with Gasteiger partial charge >= 0.3 is 0 Å². The standard InChI is InChI=1S/C24H25N3O2S/c1-4-19(23(28)25-14-15(2)17-10-6-5-7-11-17)27-24(29)21-18-12-8-9-13-20(18)30-22(21)16(3)26-27/h5-13,15,19H,4,14H2,1-3H3,(H,25,28)/t15-,19+/m0/s1. The zero-order valence-corrected chi connectivity index (χ0v) is 18.2. The van der Waals surface area contributed by atoms with E-state index in [1.165, 1.54) is 10.2 Å². The van der Waals surface area contributed by atoms with Crippen molar-refractivity contribution in [2.75, 3.05) is 6.54 Å². The minimum Gasteiger partial charge on any atom is -0.354 e. The second-order valence-corrected chi connectivity index (χ2v) is 8.67. The summed E-state index contributed by atoms with van der Waals surface area (Å²) in [6, 6.07) is 17.3. The average molecular weight is 420 g/mol. The summed E-state index contributed by atoms with van der Waals surface area (Å²) in [5.74, 6) is 0.00976. The third-order valence-electron chi connectivity index (χ3n) is 5.54. The lowest BCUT2D eigenvalue weighted by molar-refractivity contribution is -0.124. The highest BCUT2D eigenvalue weighted by Gasteiger charge is 2.24. The molecule has 0 spiro atoms. The second-order valence-electron chi connectivity index (χ2n) is 7.62. The van der Waals surface area contributed by atoms with Gasteiger partial charge in [0.15, 0.2) is 0 Å². The lowest BCUT2D eigenvalue weighted by Gasteiger charge is -2.19. The molecule has 6 heteroatoms. The lowest BCUT2D eigenvalue weighted by Crippen LogP contribution is -2.39. The number of thiophene rings is 1. The molecule has 0 saturated carbocycles. The average Bonchev–Trinajstić information content (AvgIpc) is 3.17. The Bertz CT molecular complexity index is 1260. The van der Waals surface area contributed by atoms with Crippen molar-refractivity contribution in [2.45, 2.75) is 39.2 Å². The van der Waals surface area contributed by atoms with Gasteiger partial charge in [0.25, 0.3) is 5.56 Å². The number of hydrogen-bond acceptors (Lipinski definition) is 4. The number of hydrogen-bond donors (Lipinski definition) is 1. The smallest absolute Gasteiger partial charge is 0.276 e. The molecule has 2 aromatic heterocycles. The third kappa shape index (κ3) is 3.63. The molecule has 0 unspecified atom stereocenters. The van der Waals surface area contributed by atoms with E-state index in [-0.39, 0.29) is 17.4 Å². The van der Waals surface area contributed by atoms with Crippen LogP contribution in [0, 0.1) is 6.92 Å². The van der Waals surface area contributed by atoms with Gasteiger partial charge in [0.05, 0.1) is 15.8 Å². The van der Waals surface area contributed by atoms with Crippen molar-refractivity contribution in [2.24, 2.45) is 0 Å². The van der Waals surface area contributed by atoms with Gasteiger partial charge < -0.3 is 5.32 Å². The number of fused-ring (bicyclic) bond motifs is 3. The molecule has 30 heavy (non-hydrogen) atoms. The highest BCUT2D eigenvalue weighted by Crippen LogP contribution is 2.33. The van der Waals surface area contributed by atoms with Gasteiger partial charge in [-0.2, -0.15) is 5.10 Å². The fraction of sp³-hybridized carbons (Fsp3) is 0.292. The monoisotopic (exact) mass is 419 g/mol. The predicted molar refractivity (Wildman–Crippen MR) is 123 cm³/mol. The van der Waals surface area contributed by atoms with Gasteiger partial charge in [-0.15, -0.1) is 11.3 Å². The first-order valence-corrected chi connectivity index (χ1v) is 11.1. The number of benzene rings is 2. The molecule has 0 fully saturated rings. The zero-order chi connectivity index (χ0) is 21.3. The van der Waals surface area contributed by atoms with Crippen molar-refractivity contribution in [3.63, 3.8) is 0 Å². The lowest BCUT2D eigenvalue weighted by atomic mass is 10.0. The van der Waals surface area contributed by atoms with E-state index in [0.29, 0.717) is 18.4 Å². The van der Waals surface area contributed by atoms with E-state index in [4.69, 9.17) is 0 Å². The van der Waals surface area contributed by atoms with E-state index in [0.717, 1.165) is 20.5 Å². The van der Waals surface area contributed by atoms with Crippen LogP contribution >= 0.6 is 11.3 Å². The first-order valence-electron chi connectivity index (χ1n) is 10.2. The summed E-state index contributed by atoms with van der Waals surface area (Å²) < 4.78 is 3.33. The van der Waals surface area contributed by atoms with Crippen LogP contribution in [0.3, 0.4) is 0 Å². The normalized spacial score (nSPS) is 13.4. The molecule has 2 atom stereocenters. The number of carbonyl (C=O) groups excluding carboxylic acids is 1. The molecule has 0 saturated heterocycles. The third-order valence-corrected chi connectivity index (χ3v) is 6.82. The van der Waals surface area contributed by atoms with Crippen LogP contribution in [0.5, 0.6) is 0 Å². The Kier molecular flexibility index (Phi) is 5.68. The van der Waals surface area contributed by atoms with Gasteiger partial charge in [-0.1, -0.05) is 62.4 Å². The first kappa shape index (κ1) is 20.3. The van der Waals surface area contributed by atoms with Gasteiger partial charge in [0.2, 0.25) is 5.91 Å². The summed E-state index contributed by atoms with van der Waals surface area (Å²) >= 11 is 1.57. The summed E-state index contributed by atoms with van der Waals surface area (Å²) in [5.41, 5.74) is 1.74. The number of rotatable bonds is 6. The quantitative estimate of drug-likeness (QED) is 0.489. The predicted octanol–water partition coefficient (Wildman–Crippen LogP) is 4.79. The van der Waals surface area contributed by atoms with E-state index in [9.17, 15) is 9.59 Å². The van der Waals surface area contributed by atoms with Crippen LogP contribution in [0.25, 0.3) is 20.2 Å². The Labute approximate surface area is 179 Å². The zero-order valence-electron chi connectivity index (χ0n) is 17.4. The van der Waals surface area contributed by atoms with Crippen LogP contribution in [-0.2, 0) is 4.79 Å². The van der Waals surface area contributed by atoms with Gasteiger partial charge in [0.1, 0.15) is 6.04 Å². The molecule has 5 nitrogen and oxygen atoms in total. The van der Waals surface area contributed by atoms with E-state index in [1.54, 1.807) is 11.3 Å². The fourth-order valence-corrected chi connectivity index (χ4v) is 4.97. The summed E-state index contributed by atoms with van der Waals surface area (Å²) in [4.78, 5) is 26.4. The Morgan fingerprint density at radius 2 is 1.83 bits per heavy atom. The summed E-state index contributed by atoms with van der Waals surface area (Å²) in [6.45, 7) is 6.39. The van der Waals surface area contributed by atoms with Crippen LogP contribution < -0.4 is 10.9 Å². The molecule has 1 N–H and O–H groups in total. The summed E-state index contributed by atoms with van der Waals surface area (Å²) in [6.07, 6.45) is 0.492. The number of carbonyl (C=O) groups is 1. The Balaban J connectivity index is 1.65. The maximum Gasteiger partial charge on any atom is 0.276 e. The van der Waals surface area contributed by atoms with Crippen LogP contribution in [0.15, 0.2) is 59.4 Å². The Morgan fingerprint density at radius 1 is 1.13 bits per heavy atom. The first-order chi connectivity index (χ1) is 14.5. The Morgan fingerprint density at radius 3 is 2.57 bits per heavy atom. The number of aryl methyl sites for hydroxylation is 1. The Hall–Kier alpha value is -2.99. The van der Waals surface area contributed by atoms with Crippen LogP contribution in [0.1, 0.15) is 43.5 Å². The molecule has 0 aliphatic carbocycles. The molecule has 154 valence electrons. The molecule has 1 amide bonds. The van der Waals surface area contributed by atoms with Crippen molar-refractivity contribution in [3.05, 3.63) is 76.2 Å². The van der Waals surface area contributed by atoms with Crippen molar-refractivity contribution >= 4 is 37.4 Å². The van der Waals surface area contributed by atoms with Crippen LogP contribution in [0.2, 0.25) is 0 Å². The molecular formula is C24H25N3O2S. The van der Waals surface area contributed by atoms with E-state index in [2.05, 4.69) is 29.5 Å². The van der Waals surface area contributed by atoms with Crippen molar-refractivity contribution in [1.82, 2.24) is 15.1 Å². The number of nitrogens with zero attached hydrogens (tertiary/aromatic N) is 2. The topological polar surface area (TPSA) is 64.0 Å². The highest BCUT2D eigenvalue weighted by atomic mass is 32.1. The fourth-order valence-electron chi connectivity index (χ4n) is 3.83. The number of nitrogens with one attached hydrogen (secondary N) is 1. The largest absolute Gasteiger partial charge is 0.354 e. The maximum atomic E-state index is 13.3. The molecule has 0 aliphatic heterocycles. The van der Waals surface area contributed by atoms with Crippen LogP contribution in [-0.4, -0.2) is 22.2 Å². The van der Waals surface area contributed by atoms with Crippen LogP contribution in [0.4, 0.5) is 0 Å². The summed E-state index contributed by atoms with van der Waals surface area (Å²) in [5, 5.41) is 9.13. The molecule has 2 heterocycles. The van der Waals surface area contributed by atoms with Gasteiger partial charge in [-0.3, -0.25) is 9.59 Å². The van der Waals surface area contributed by atoms with E-state index in [1.807, 2.05) is 56.3 Å². The SMILES string of the molecule is CC[C@H](C(=O)NC[C@H](C)c1ccccc1)n1nc(C)c2sc3ccccc3c2c1=O. The molecule has 2 aromatic carbocycles. The number of aromatic nitrogens is 2.